The summed E-state index contributed by atoms with van der Waals surface area (Å²) in [5, 5.41) is 4.78. The Morgan fingerprint density at radius 2 is 2.18 bits per heavy atom. The highest BCUT2D eigenvalue weighted by Gasteiger charge is 2.25. The molecule has 1 unspecified atom stereocenters. The van der Waals surface area contributed by atoms with Gasteiger partial charge in [-0.25, -0.2) is 0 Å². The van der Waals surface area contributed by atoms with Gasteiger partial charge in [-0.05, 0) is 44.5 Å². The van der Waals surface area contributed by atoms with Crippen LogP contribution < -0.4 is 10.2 Å². The van der Waals surface area contributed by atoms with Gasteiger partial charge in [0, 0.05) is 13.1 Å². The molecule has 1 aromatic carbocycles. The molecule has 1 heterocycles. The Labute approximate surface area is 113 Å². The molecule has 1 saturated heterocycles. The van der Waals surface area contributed by atoms with Crippen molar-refractivity contribution < 1.29 is 0 Å². The lowest BCUT2D eigenvalue weighted by Crippen LogP contribution is -2.24. The van der Waals surface area contributed by atoms with E-state index in [0.717, 1.165) is 40.9 Å². The molecule has 0 aromatic heterocycles. The molecule has 4 heteroatoms. The summed E-state index contributed by atoms with van der Waals surface area (Å²) in [5.41, 5.74) is 2.09. The zero-order valence-corrected chi connectivity index (χ0v) is 11.8. The van der Waals surface area contributed by atoms with Crippen LogP contribution in [-0.2, 0) is 0 Å². The molecule has 0 spiro atoms. The standard InChI is InChI=1S/C13H18Cl2N2/c1-9-3-4-11(14)13(12(9)15)17-6-5-10(8-17)7-16-2/h3-4,10,16H,5-8H2,1-2H3. The molecule has 94 valence electrons. The van der Waals surface area contributed by atoms with Crippen LogP contribution in [0.3, 0.4) is 0 Å². The average molecular weight is 273 g/mol. The molecule has 2 rings (SSSR count). The molecule has 1 fully saturated rings. The monoisotopic (exact) mass is 272 g/mol. The third-order valence-corrected chi connectivity index (χ3v) is 4.14. The smallest absolute Gasteiger partial charge is 0.0747 e. The van der Waals surface area contributed by atoms with E-state index in [1.807, 2.05) is 26.1 Å². The molecule has 17 heavy (non-hydrogen) atoms. The molecule has 1 aliphatic rings. The van der Waals surface area contributed by atoms with Crippen molar-refractivity contribution >= 4 is 28.9 Å². The Morgan fingerprint density at radius 1 is 1.41 bits per heavy atom. The SMILES string of the molecule is CNCC1CCN(c2c(Cl)ccc(C)c2Cl)C1. The van der Waals surface area contributed by atoms with E-state index < -0.39 is 0 Å². The van der Waals surface area contributed by atoms with E-state index in [1.165, 1.54) is 6.42 Å². The van der Waals surface area contributed by atoms with Crippen molar-refractivity contribution in [3.8, 4) is 0 Å². The number of anilines is 1. The second kappa shape index (κ2) is 5.47. The molecule has 1 N–H and O–H groups in total. The van der Waals surface area contributed by atoms with Gasteiger partial charge < -0.3 is 10.2 Å². The first-order chi connectivity index (χ1) is 8.13. The molecule has 1 aromatic rings. The van der Waals surface area contributed by atoms with Gasteiger partial charge in [0.05, 0.1) is 15.7 Å². The van der Waals surface area contributed by atoms with Crippen LogP contribution in [-0.4, -0.2) is 26.7 Å². The second-order valence-corrected chi connectivity index (χ2v) is 5.47. The van der Waals surface area contributed by atoms with E-state index in [-0.39, 0.29) is 0 Å². The van der Waals surface area contributed by atoms with Crippen LogP contribution in [0.4, 0.5) is 5.69 Å². The van der Waals surface area contributed by atoms with E-state index in [4.69, 9.17) is 23.2 Å². The summed E-state index contributed by atoms with van der Waals surface area (Å²) >= 11 is 12.6. The fourth-order valence-electron chi connectivity index (χ4n) is 2.42. The van der Waals surface area contributed by atoms with Gasteiger partial charge >= 0.3 is 0 Å². The van der Waals surface area contributed by atoms with Gasteiger partial charge in [0.25, 0.3) is 0 Å². The summed E-state index contributed by atoms with van der Waals surface area (Å²) in [7, 11) is 2.00. The quantitative estimate of drug-likeness (QED) is 0.908. The number of benzene rings is 1. The number of nitrogens with zero attached hydrogens (tertiary/aromatic N) is 1. The van der Waals surface area contributed by atoms with E-state index in [9.17, 15) is 0 Å². The van der Waals surface area contributed by atoms with Crippen LogP contribution in [0.5, 0.6) is 0 Å². The van der Waals surface area contributed by atoms with Gasteiger partial charge in [0.15, 0.2) is 0 Å². The molecule has 0 bridgehead atoms. The first-order valence-corrected chi connectivity index (χ1v) is 6.73. The highest BCUT2D eigenvalue weighted by atomic mass is 35.5. The minimum absolute atomic E-state index is 0.688. The highest BCUT2D eigenvalue weighted by molar-refractivity contribution is 6.39. The van der Waals surface area contributed by atoms with Crippen LogP contribution in [0.25, 0.3) is 0 Å². The maximum atomic E-state index is 6.36. The lowest BCUT2D eigenvalue weighted by Gasteiger charge is -2.22. The van der Waals surface area contributed by atoms with Crippen molar-refractivity contribution in [2.75, 3.05) is 31.6 Å². The van der Waals surface area contributed by atoms with Crippen molar-refractivity contribution in [3.05, 3.63) is 27.7 Å². The number of rotatable bonds is 3. The van der Waals surface area contributed by atoms with E-state index in [2.05, 4.69) is 10.2 Å². The predicted octanol–water partition coefficient (Wildman–Crippen LogP) is 3.35. The van der Waals surface area contributed by atoms with Crippen LogP contribution in [0.2, 0.25) is 10.0 Å². The summed E-state index contributed by atoms with van der Waals surface area (Å²) in [6.07, 6.45) is 1.20. The third kappa shape index (κ3) is 2.70. The molecule has 1 atom stereocenters. The van der Waals surface area contributed by atoms with Crippen molar-refractivity contribution in [2.24, 2.45) is 5.92 Å². The van der Waals surface area contributed by atoms with Crippen molar-refractivity contribution in [1.82, 2.24) is 5.32 Å². The number of aryl methyl sites for hydroxylation is 1. The Morgan fingerprint density at radius 3 is 2.88 bits per heavy atom. The maximum absolute atomic E-state index is 6.36. The topological polar surface area (TPSA) is 15.3 Å². The van der Waals surface area contributed by atoms with Crippen LogP contribution in [0.1, 0.15) is 12.0 Å². The van der Waals surface area contributed by atoms with Crippen LogP contribution in [0.15, 0.2) is 12.1 Å². The van der Waals surface area contributed by atoms with Crippen molar-refractivity contribution in [1.29, 1.82) is 0 Å². The van der Waals surface area contributed by atoms with Gasteiger partial charge in [-0.2, -0.15) is 0 Å². The minimum Gasteiger partial charge on any atom is -0.369 e. The summed E-state index contributed by atoms with van der Waals surface area (Å²) in [6.45, 7) is 5.14. The van der Waals surface area contributed by atoms with Gasteiger partial charge in [-0.15, -0.1) is 0 Å². The highest BCUT2D eigenvalue weighted by Crippen LogP contribution is 2.38. The van der Waals surface area contributed by atoms with E-state index >= 15 is 0 Å². The van der Waals surface area contributed by atoms with Crippen LogP contribution in [0, 0.1) is 12.8 Å². The van der Waals surface area contributed by atoms with Gasteiger partial charge in [0.1, 0.15) is 0 Å². The fourth-order valence-corrected chi connectivity index (χ4v) is 3.03. The summed E-state index contributed by atoms with van der Waals surface area (Å²) in [4.78, 5) is 2.31. The number of hydrogen-bond acceptors (Lipinski definition) is 2. The number of halogens is 2. The van der Waals surface area contributed by atoms with E-state index in [1.54, 1.807) is 0 Å². The Balaban J connectivity index is 2.21. The second-order valence-electron chi connectivity index (χ2n) is 4.69. The number of nitrogens with one attached hydrogen (secondary N) is 1. The maximum Gasteiger partial charge on any atom is 0.0747 e. The summed E-state index contributed by atoms with van der Waals surface area (Å²) < 4.78 is 0. The normalized spacial score (nSPS) is 20.0. The summed E-state index contributed by atoms with van der Waals surface area (Å²) in [6, 6.07) is 3.90. The summed E-state index contributed by atoms with van der Waals surface area (Å²) in [5.74, 6) is 0.688. The lowest BCUT2D eigenvalue weighted by atomic mass is 10.1. The Bertz CT molecular complexity index is 407. The van der Waals surface area contributed by atoms with Gasteiger partial charge in [-0.1, -0.05) is 29.3 Å². The molecule has 0 radical (unpaired) electrons. The largest absolute Gasteiger partial charge is 0.369 e. The molecular formula is C13H18Cl2N2. The Hall–Kier alpha value is -0.440. The van der Waals surface area contributed by atoms with Crippen molar-refractivity contribution in [2.45, 2.75) is 13.3 Å². The molecule has 2 nitrogen and oxygen atoms in total. The van der Waals surface area contributed by atoms with Crippen LogP contribution >= 0.6 is 23.2 Å². The van der Waals surface area contributed by atoms with Gasteiger partial charge in [-0.3, -0.25) is 0 Å². The zero-order valence-electron chi connectivity index (χ0n) is 10.3. The van der Waals surface area contributed by atoms with Gasteiger partial charge in [0.2, 0.25) is 0 Å². The lowest BCUT2D eigenvalue weighted by molar-refractivity contribution is 0.549. The third-order valence-electron chi connectivity index (χ3n) is 3.35. The molecule has 0 saturated carbocycles. The predicted molar refractivity (Wildman–Crippen MR) is 75.4 cm³/mol. The molecule has 1 aliphatic heterocycles. The molecule has 0 amide bonds. The molecule has 0 aliphatic carbocycles. The fraction of sp³-hybridized carbons (Fsp3) is 0.538. The minimum atomic E-state index is 0.688. The van der Waals surface area contributed by atoms with Crippen molar-refractivity contribution in [3.63, 3.8) is 0 Å². The first-order valence-electron chi connectivity index (χ1n) is 5.97. The zero-order chi connectivity index (χ0) is 12.4. The molecular weight excluding hydrogens is 255 g/mol. The van der Waals surface area contributed by atoms with E-state index in [0.29, 0.717) is 5.92 Å². The number of hydrogen-bond donors (Lipinski definition) is 1. The Kier molecular flexibility index (Phi) is 4.18. The average Bonchev–Trinajstić information content (AvgIpc) is 2.73. The first kappa shape index (κ1) is 13.0.